The van der Waals surface area contributed by atoms with Gasteiger partial charge in [0, 0.05) is 7.05 Å². The predicted octanol–water partition coefficient (Wildman–Crippen LogP) is 1.78. The van der Waals surface area contributed by atoms with E-state index in [0.29, 0.717) is 36.0 Å². The topological polar surface area (TPSA) is 101 Å². The summed E-state index contributed by atoms with van der Waals surface area (Å²) in [7, 11) is 1.60. The number of furan rings is 1. The van der Waals surface area contributed by atoms with E-state index >= 15 is 0 Å². The molecule has 1 fully saturated rings. The number of urea groups is 1. The standard InChI is InChI=1S/C21H23N3O6/c1-13-4-6-15(30-13)11-23(3)18(25)12-24-19(26)21(2,22-20(24)27)14-5-7-16-17(10-14)29-9-8-28-16/h4-7,10H,8-9,11-12H2,1-3H3,(H,22,27)/t21-/m1/s1. The Morgan fingerprint density at radius 3 is 2.60 bits per heavy atom. The molecule has 2 aliphatic rings. The minimum Gasteiger partial charge on any atom is -0.486 e. The normalized spacial score (nSPS) is 20.3. The number of fused-ring (bicyclic) bond motifs is 1. The van der Waals surface area contributed by atoms with Crippen LogP contribution in [0, 0.1) is 6.92 Å². The number of hydrogen-bond donors (Lipinski definition) is 1. The molecule has 0 bridgehead atoms. The van der Waals surface area contributed by atoms with Crippen LogP contribution in [-0.2, 0) is 21.7 Å². The molecular weight excluding hydrogens is 390 g/mol. The summed E-state index contributed by atoms with van der Waals surface area (Å²) in [5.41, 5.74) is -0.747. The largest absolute Gasteiger partial charge is 0.486 e. The van der Waals surface area contributed by atoms with Gasteiger partial charge < -0.3 is 24.1 Å². The Kier molecular flexibility index (Phi) is 4.89. The average molecular weight is 413 g/mol. The van der Waals surface area contributed by atoms with Gasteiger partial charge in [-0.25, -0.2) is 4.79 Å². The molecule has 1 aromatic carbocycles. The molecule has 3 heterocycles. The Labute approximate surface area is 173 Å². The van der Waals surface area contributed by atoms with E-state index in [-0.39, 0.29) is 19.0 Å². The number of carbonyl (C=O) groups excluding carboxylic acids is 3. The zero-order valence-corrected chi connectivity index (χ0v) is 17.1. The Morgan fingerprint density at radius 2 is 1.90 bits per heavy atom. The summed E-state index contributed by atoms with van der Waals surface area (Å²) in [6.07, 6.45) is 0. The van der Waals surface area contributed by atoms with Gasteiger partial charge in [-0.1, -0.05) is 6.07 Å². The summed E-state index contributed by atoms with van der Waals surface area (Å²) < 4.78 is 16.6. The Bertz CT molecular complexity index is 1020. The highest BCUT2D eigenvalue weighted by molar-refractivity contribution is 6.09. The van der Waals surface area contributed by atoms with Crippen LogP contribution in [0.1, 0.15) is 24.0 Å². The van der Waals surface area contributed by atoms with Crippen LogP contribution in [0.5, 0.6) is 11.5 Å². The highest BCUT2D eigenvalue weighted by atomic mass is 16.6. The van der Waals surface area contributed by atoms with Crippen molar-refractivity contribution in [2.24, 2.45) is 0 Å². The average Bonchev–Trinajstić information content (AvgIpc) is 3.23. The summed E-state index contributed by atoms with van der Waals surface area (Å²) in [5, 5.41) is 2.70. The van der Waals surface area contributed by atoms with Gasteiger partial charge in [-0.15, -0.1) is 0 Å². The van der Waals surface area contributed by atoms with Crippen molar-refractivity contribution < 1.29 is 28.3 Å². The molecule has 4 rings (SSSR count). The number of ether oxygens (including phenoxy) is 2. The molecule has 4 amide bonds. The molecule has 158 valence electrons. The minimum atomic E-state index is -1.30. The third-order valence-corrected chi connectivity index (χ3v) is 5.30. The van der Waals surface area contributed by atoms with Gasteiger partial charge in [0.05, 0.1) is 6.54 Å². The third kappa shape index (κ3) is 3.47. The molecule has 2 aromatic rings. The lowest BCUT2D eigenvalue weighted by atomic mass is 9.91. The number of imide groups is 1. The number of carbonyl (C=O) groups is 3. The van der Waals surface area contributed by atoms with Gasteiger partial charge in [0.25, 0.3) is 5.91 Å². The van der Waals surface area contributed by atoms with E-state index in [0.717, 1.165) is 10.7 Å². The highest BCUT2D eigenvalue weighted by Gasteiger charge is 2.50. The number of hydrogen-bond acceptors (Lipinski definition) is 6. The number of likely N-dealkylation sites (N-methyl/N-ethyl adjacent to an activating group) is 1. The van der Waals surface area contributed by atoms with Crippen LogP contribution < -0.4 is 14.8 Å². The van der Waals surface area contributed by atoms with E-state index in [1.165, 1.54) is 4.90 Å². The number of nitrogens with zero attached hydrogens (tertiary/aromatic N) is 2. The SMILES string of the molecule is Cc1ccc(CN(C)C(=O)CN2C(=O)N[C@](C)(c3ccc4c(c3)OCCO4)C2=O)o1. The molecule has 2 aliphatic heterocycles. The lowest BCUT2D eigenvalue weighted by Gasteiger charge is -2.25. The van der Waals surface area contributed by atoms with Crippen molar-refractivity contribution in [3.05, 3.63) is 47.4 Å². The number of benzene rings is 1. The van der Waals surface area contributed by atoms with E-state index in [4.69, 9.17) is 13.9 Å². The maximum Gasteiger partial charge on any atom is 0.325 e. The number of rotatable bonds is 5. The first-order valence-electron chi connectivity index (χ1n) is 9.61. The van der Waals surface area contributed by atoms with E-state index in [1.807, 2.05) is 13.0 Å². The second-order valence-electron chi connectivity index (χ2n) is 7.57. The van der Waals surface area contributed by atoms with Crippen molar-refractivity contribution in [2.75, 3.05) is 26.8 Å². The summed E-state index contributed by atoms with van der Waals surface area (Å²) in [5.74, 6) is 1.60. The fourth-order valence-corrected chi connectivity index (χ4v) is 3.54. The summed E-state index contributed by atoms with van der Waals surface area (Å²) >= 11 is 0. The zero-order valence-electron chi connectivity index (χ0n) is 17.1. The predicted molar refractivity (Wildman–Crippen MR) is 105 cm³/mol. The van der Waals surface area contributed by atoms with Gasteiger partial charge in [-0.05, 0) is 43.7 Å². The number of aryl methyl sites for hydroxylation is 1. The molecular formula is C21H23N3O6. The van der Waals surface area contributed by atoms with Crippen LogP contribution in [0.15, 0.2) is 34.7 Å². The first kappa shape index (κ1) is 19.8. The Balaban J connectivity index is 1.48. The zero-order chi connectivity index (χ0) is 21.5. The van der Waals surface area contributed by atoms with E-state index < -0.39 is 17.5 Å². The molecule has 0 unspecified atom stereocenters. The molecule has 1 aromatic heterocycles. The quantitative estimate of drug-likeness (QED) is 0.750. The monoisotopic (exact) mass is 413 g/mol. The summed E-state index contributed by atoms with van der Waals surface area (Å²) in [6.45, 7) is 4.18. The summed E-state index contributed by atoms with van der Waals surface area (Å²) in [4.78, 5) is 40.6. The van der Waals surface area contributed by atoms with E-state index in [9.17, 15) is 14.4 Å². The first-order chi connectivity index (χ1) is 14.3. The number of amides is 4. The minimum absolute atomic E-state index is 0.246. The van der Waals surface area contributed by atoms with Crippen molar-refractivity contribution in [1.82, 2.24) is 15.1 Å². The van der Waals surface area contributed by atoms with Crippen molar-refractivity contribution in [1.29, 1.82) is 0 Å². The fraction of sp³-hybridized carbons (Fsp3) is 0.381. The van der Waals surface area contributed by atoms with Crippen molar-refractivity contribution in [3.63, 3.8) is 0 Å². The van der Waals surface area contributed by atoms with Crippen molar-refractivity contribution in [2.45, 2.75) is 25.9 Å². The van der Waals surface area contributed by atoms with Gasteiger partial charge in [0.15, 0.2) is 11.5 Å². The Hall–Kier alpha value is -3.49. The van der Waals surface area contributed by atoms with Gasteiger partial charge in [0.2, 0.25) is 5.91 Å². The second-order valence-corrected chi connectivity index (χ2v) is 7.57. The van der Waals surface area contributed by atoms with Crippen LogP contribution >= 0.6 is 0 Å². The fourth-order valence-electron chi connectivity index (χ4n) is 3.54. The second kappa shape index (κ2) is 7.40. The Morgan fingerprint density at radius 1 is 1.17 bits per heavy atom. The first-order valence-corrected chi connectivity index (χ1v) is 9.61. The molecule has 0 aliphatic carbocycles. The lowest BCUT2D eigenvalue weighted by Crippen LogP contribution is -2.43. The molecule has 1 atom stereocenters. The molecule has 1 N–H and O–H groups in total. The highest BCUT2D eigenvalue weighted by Crippen LogP contribution is 2.36. The maximum absolute atomic E-state index is 13.1. The molecule has 9 nitrogen and oxygen atoms in total. The smallest absolute Gasteiger partial charge is 0.325 e. The lowest BCUT2D eigenvalue weighted by molar-refractivity contribution is -0.138. The van der Waals surface area contributed by atoms with Crippen LogP contribution in [0.2, 0.25) is 0 Å². The molecule has 1 saturated heterocycles. The molecule has 30 heavy (non-hydrogen) atoms. The molecule has 0 radical (unpaired) electrons. The van der Waals surface area contributed by atoms with Crippen molar-refractivity contribution in [3.8, 4) is 11.5 Å². The van der Waals surface area contributed by atoms with Gasteiger partial charge >= 0.3 is 6.03 Å². The van der Waals surface area contributed by atoms with Gasteiger partial charge in [-0.2, -0.15) is 0 Å². The third-order valence-electron chi connectivity index (χ3n) is 5.30. The summed E-state index contributed by atoms with van der Waals surface area (Å²) in [6, 6.07) is 8.08. The van der Waals surface area contributed by atoms with Gasteiger partial charge in [0.1, 0.15) is 36.8 Å². The number of nitrogens with one attached hydrogen (secondary N) is 1. The van der Waals surface area contributed by atoms with Crippen LogP contribution in [0.3, 0.4) is 0 Å². The van der Waals surface area contributed by atoms with E-state index in [2.05, 4.69) is 5.32 Å². The van der Waals surface area contributed by atoms with Crippen LogP contribution in [0.25, 0.3) is 0 Å². The molecule has 0 spiro atoms. The van der Waals surface area contributed by atoms with Crippen LogP contribution in [-0.4, -0.2) is 54.5 Å². The van der Waals surface area contributed by atoms with Gasteiger partial charge in [-0.3, -0.25) is 14.5 Å². The van der Waals surface area contributed by atoms with Crippen molar-refractivity contribution >= 4 is 17.8 Å². The van der Waals surface area contributed by atoms with Crippen LogP contribution in [0.4, 0.5) is 4.79 Å². The molecule has 9 heteroatoms. The molecule has 0 saturated carbocycles. The maximum atomic E-state index is 13.1. The van der Waals surface area contributed by atoms with E-state index in [1.54, 1.807) is 38.2 Å².